The van der Waals surface area contributed by atoms with Gasteiger partial charge in [0.2, 0.25) is 0 Å². The molecule has 0 aliphatic heterocycles. The third-order valence-electron chi connectivity index (χ3n) is 0. The van der Waals surface area contributed by atoms with Crippen LogP contribution in [0.15, 0.2) is 0 Å². The summed E-state index contributed by atoms with van der Waals surface area (Å²) in [5, 5.41) is 7.31. The number of hydrogen-bond donors (Lipinski definition) is 1. The first-order chi connectivity index (χ1) is 1.73. The monoisotopic (exact) mass is 61.0 g/mol. The van der Waals surface area contributed by atoms with Gasteiger partial charge < -0.3 is 5.11 Å². The summed E-state index contributed by atoms with van der Waals surface area (Å²) in [6, 6.07) is 0. The zero-order chi connectivity index (χ0) is 3.58. The van der Waals surface area contributed by atoms with E-state index in [1.165, 1.54) is 0 Å². The van der Waals surface area contributed by atoms with Crippen LogP contribution in [0, 0.1) is 6.92 Å². The highest BCUT2D eigenvalue weighted by molar-refractivity contribution is 5.71. The standard InChI is InChI=1S/C2H3O2/c1-2(3)4/h1H2,(H,3,4)/p+2. The molecule has 0 amide bonds. The summed E-state index contributed by atoms with van der Waals surface area (Å²) < 4.78 is 0. The average molecular weight is 61.1 g/mol. The molecule has 0 aromatic carbocycles. The molecule has 0 heterocycles. The van der Waals surface area contributed by atoms with Crippen LogP contribution >= 0.6 is 0 Å². The van der Waals surface area contributed by atoms with Gasteiger partial charge in [0.15, 0.2) is 0 Å². The number of rotatable bonds is 0. The van der Waals surface area contributed by atoms with Gasteiger partial charge in [0.05, 0.1) is 6.92 Å². The topological polar surface area (TPSA) is 37.3 Å². The molecule has 0 aromatic rings. The van der Waals surface area contributed by atoms with Crippen LogP contribution in [0.25, 0.3) is 0 Å². The third-order valence-corrected chi connectivity index (χ3v) is 0. The van der Waals surface area contributed by atoms with E-state index < -0.39 is 5.97 Å². The van der Waals surface area contributed by atoms with Gasteiger partial charge in [-0.05, 0) is 0 Å². The normalized spacial score (nSPS) is 6.25. The Morgan fingerprint density at radius 2 is 2.25 bits per heavy atom. The molecule has 0 saturated heterocycles. The predicted molar refractivity (Wildman–Crippen MR) is 15.2 cm³/mol. The van der Waals surface area contributed by atoms with Crippen molar-refractivity contribution in [3.63, 3.8) is 0 Å². The Morgan fingerprint density at radius 3 is 2.25 bits per heavy atom. The van der Waals surface area contributed by atoms with Gasteiger partial charge in [-0.25, -0.2) is 0 Å². The van der Waals surface area contributed by atoms with Crippen molar-refractivity contribution >= 4 is 5.97 Å². The SMILES string of the molecule is [CH2]C(=O)O.[H+].[H+]. The van der Waals surface area contributed by atoms with Crippen molar-refractivity contribution in [2.75, 3.05) is 0 Å². The van der Waals surface area contributed by atoms with E-state index in [1.54, 1.807) is 0 Å². The van der Waals surface area contributed by atoms with Crippen LogP contribution < -0.4 is 0 Å². The highest BCUT2D eigenvalue weighted by Gasteiger charge is 1.66. The smallest absolute Gasteiger partial charge is 0.481 e. The van der Waals surface area contributed by atoms with E-state index in [0.717, 1.165) is 0 Å². The van der Waals surface area contributed by atoms with E-state index in [4.69, 9.17) is 9.90 Å². The minimum absolute atomic E-state index is 0. The Balaban J connectivity index is -0.0000000450. The number of carboxylic acids is 1. The van der Waals surface area contributed by atoms with E-state index in [-0.39, 0.29) is 2.85 Å². The summed E-state index contributed by atoms with van der Waals surface area (Å²) in [5.41, 5.74) is 0. The third kappa shape index (κ3) is 1.16. The second kappa shape index (κ2) is 0.875. The van der Waals surface area contributed by atoms with Gasteiger partial charge in [0.1, 0.15) is 0 Å². The van der Waals surface area contributed by atoms with Crippen LogP contribution in [-0.4, -0.2) is 11.1 Å². The van der Waals surface area contributed by atoms with Crippen molar-refractivity contribution in [1.82, 2.24) is 0 Å². The first-order valence-electron chi connectivity index (χ1n) is 0.781. The molecular formula is C2H5O2+2. The lowest BCUT2D eigenvalue weighted by Gasteiger charge is -1.58. The Morgan fingerprint density at radius 1 is 2.25 bits per heavy atom. The molecule has 2 nitrogen and oxygen atoms in total. The van der Waals surface area contributed by atoms with E-state index in [0.29, 0.717) is 0 Å². The molecule has 2 heteroatoms. The quantitative estimate of drug-likeness (QED) is 0.432. The number of carboxylic acid groups (broad SMARTS) is 1. The number of carbonyl (C=O) groups is 1. The fourth-order valence-electron chi connectivity index (χ4n) is 0. The molecule has 0 aromatic heterocycles. The lowest BCUT2D eigenvalue weighted by Crippen LogP contribution is -1.79. The van der Waals surface area contributed by atoms with Crippen molar-refractivity contribution in [2.45, 2.75) is 0 Å². The van der Waals surface area contributed by atoms with Crippen molar-refractivity contribution in [3.8, 4) is 0 Å². The maximum Gasteiger partial charge on any atom is 1.00 e. The minimum Gasteiger partial charge on any atom is -0.481 e. The van der Waals surface area contributed by atoms with E-state index >= 15 is 0 Å². The van der Waals surface area contributed by atoms with Crippen molar-refractivity contribution in [1.29, 1.82) is 0 Å². The fraction of sp³-hybridized carbons (Fsp3) is 0. The number of aliphatic carboxylic acids is 1. The molecular weight excluding hydrogens is 56.0 g/mol. The van der Waals surface area contributed by atoms with Crippen molar-refractivity contribution in [2.24, 2.45) is 0 Å². The van der Waals surface area contributed by atoms with Crippen LogP contribution in [0.4, 0.5) is 0 Å². The van der Waals surface area contributed by atoms with Crippen molar-refractivity contribution in [3.05, 3.63) is 6.92 Å². The van der Waals surface area contributed by atoms with Crippen LogP contribution in [0.5, 0.6) is 0 Å². The van der Waals surface area contributed by atoms with Gasteiger partial charge in [0, 0.05) is 0 Å². The molecule has 0 fully saturated rings. The molecule has 0 unspecified atom stereocenters. The Bertz CT molecular complexity index is 32.5. The highest BCUT2D eigenvalue weighted by Crippen LogP contribution is 1.40. The maximum absolute atomic E-state index is 8.89. The Hall–Kier alpha value is -0.530. The first kappa shape index (κ1) is 3.47. The van der Waals surface area contributed by atoms with Gasteiger partial charge in [0.25, 0.3) is 0 Å². The lowest BCUT2D eigenvalue weighted by molar-refractivity contribution is -0.131. The zero-order valence-electron chi connectivity index (χ0n) is 4.06. The first-order valence-corrected chi connectivity index (χ1v) is 0.781. The van der Waals surface area contributed by atoms with E-state index in [1.807, 2.05) is 0 Å². The molecule has 1 N–H and O–H groups in total. The van der Waals surface area contributed by atoms with Crippen LogP contribution in [0.2, 0.25) is 0 Å². The molecule has 0 atom stereocenters. The summed E-state index contributed by atoms with van der Waals surface area (Å²) in [6.07, 6.45) is 0. The highest BCUT2D eigenvalue weighted by atomic mass is 16.4. The molecule has 0 saturated carbocycles. The Labute approximate surface area is 27.0 Å². The van der Waals surface area contributed by atoms with E-state index in [2.05, 4.69) is 6.92 Å². The van der Waals surface area contributed by atoms with Crippen LogP contribution in [0.1, 0.15) is 2.85 Å². The molecule has 0 rings (SSSR count). The summed E-state index contributed by atoms with van der Waals surface area (Å²) in [5.74, 6) is -1.08. The zero-order valence-corrected chi connectivity index (χ0v) is 2.06. The molecule has 0 aliphatic rings. The van der Waals surface area contributed by atoms with Gasteiger partial charge in [-0.1, -0.05) is 0 Å². The second-order valence-corrected chi connectivity index (χ2v) is 0.394. The van der Waals surface area contributed by atoms with Gasteiger partial charge in [-0.15, -0.1) is 0 Å². The maximum atomic E-state index is 8.89. The second-order valence-electron chi connectivity index (χ2n) is 0.394. The predicted octanol–water partition coefficient (Wildman–Crippen LogP) is 0.130. The molecule has 4 heavy (non-hydrogen) atoms. The molecule has 23 valence electrons. The molecule has 1 radical (unpaired) electrons. The van der Waals surface area contributed by atoms with Gasteiger partial charge in [-0.3, -0.25) is 4.79 Å². The summed E-state index contributed by atoms with van der Waals surface area (Å²) in [4.78, 5) is 8.89. The summed E-state index contributed by atoms with van der Waals surface area (Å²) >= 11 is 0. The molecule has 0 aliphatic carbocycles. The fourth-order valence-corrected chi connectivity index (χ4v) is 0. The largest absolute Gasteiger partial charge is 1.00 e. The number of hydrogen-bond acceptors (Lipinski definition) is 1. The average Bonchev–Trinajstić information content (AvgIpc) is 0.811. The van der Waals surface area contributed by atoms with Crippen LogP contribution in [-0.2, 0) is 4.79 Å². The molecule has 0 spiro atoms. The summed E-state index contributed by atoms with van der Waals surface area (Å²) in [7, 11) is 0. The van der Waals surface area contributed by atoms with Crippen LogP contribution in [0.3, 0.4) is 0 Å². The minimum atomic E-state index is -1.08. The van der Waals surface area contributed by atoms with Gasteiger partial charge >= 0.3 is 8.82 Å². The summed E-state index contributed by atoms with van der Waals surface area (Å²) in [6.45, 7) is 2.56. The lowest BCUT2D eigenvalue weighted by atomic mass is 10.9. The Kier molecular flexibility index (Phi) is 0.759. The van der Waals surface area contributed by atoms with Gasteiger partial charge in [-0.2, -0.15) is 0 Å². The molecule has 0 bridgehead atoms. The van der Waals surface area contributed by atoms with Crippen molar-refractivity contribution < 1.29 is 12.8 Å². The van der Waals surface area contributed by atoms with E-state index in [9.17, 15) is 0 Å².